The number of aryl methyl sites for hydroxylation is 3. The molecule has 0 saturated carbocycles. The van der Waals surface area contributed by atoms with Gasteiger partial charge in [0.05, 0.1) is 17.1 Å². The van der Waals surface area contributed by atoms with Crippen LogP contribution < -0.4 is 5.54 Å². The molecule has 0 amide bonds. The van der Waals surface area contributed by atoms with Crippen molar-refractivity contribution < 1.29 is 4.48 Å². The predicted molar refractivity (Wildman–Crippen MR) is 73.6 cm³/mol. The molecule has 4 heteroatoms. The molecule has 3 nitrogen and oxygen atoms in total. The van der Waals surface area contributed by atoms with Crippen LogP contribution in [0.15, 0.2) is 24.3 Å². The standard InChI is InChI=1S/C15H16FN3/c1-2-5-13-15(19-16)18-12-9-8-10-6-3-4-7-11(10)14(12)17-13/h3-4,6-7H,2,5,8-9H2,1H3,(H,18,19). The van der Waals surface area contributed by atoms with Gasteiger partial charge in [-0.1, -0.05) is 37.6 Å². The fourth-order valence-corrected chi connectivity index (χ4v) is 2.60. The summed E-state index contributed by atoms with van der Waals surface area (Å²) in [5, 5.41) is 0. The van der Waals surface area contributed by atoms with Crippen molar-refractivity contribution in [2.24, 2.45) is 0 Å². The minimum absolute atomic E-state index is 0.278. The SMILES string of the molecule is CCCc1nc2c(nc1NF)CCc1ccccc1-2. The number of anilines is 1. The highest BCUT2D eigenvalue weighted by atomic mass is 19.2. The van der Waals surface area contributed by atoms with Crippen molar-refractivity contribution >= 4 is 5.82 Å². The van der Waals surface area contributed by atoms with Crippen molar-refractivity contribution in [3.8, 4) is 11.3 Å². The highest BCUT2D eigenvalue weighted by Gasteiger charge is 2.20. The Kier molecular flexibility index (Phi) is 3.15. The monoisotopic (exact) mass is 257 g/mol. The molecule has 0 radical (unpaired) electrons. The fraction of sp³-hybridized carbons (Fsp3) is 0.333. The van der Waals surface area contributed by atoms with E-state index in [-0.39, 0.29) is 5.82 Å². The highest BCUT2D eigenvalue weighted by molar-refractivity contribution is 5.69. The van der Waals surface area contributed by atoms with E-state index >= 15 is 0 Å². The van der Waals surface area contributed by atoms with Crippen molar-refractivity contribution in [1.82, 2.24) is 9.97 Å². The van der Waals surface area contributed by atoms with Crippen LogP contribution in [0.2, 0.25) is 0 Å². The maximum Gasteiger partial charge on any atom is 0.176 e. The van der Waals surface area contributed by atoms with Gasteiger partial charge in [0.2, 0.25) is 0 Å². The summed E-state index contributed by atoms with van der Waals surface area (Å²) in [6.07, 6.45) is 3.41. The van der Waals surface area contributed by atoms with Gasteiger partial charge in [-0.15, -0.1) is 4.48 Å². The second-order valence-electron chi connectivity index (χ2n) is 4.82. The van der Waals surface area contributed by atoms with Gasteiger partial charge in [0, 0.05) is 5.56 Å². The lowest BCUT2D eigenvalue weighted by atomic mass is 9.92. The summed E-state index contributed by atoms with van der Waals surface area (Å²) in [6, 6.07) is 8.25. The number of aromatic nitrogens is 2. The summed E-state index contributed by atoms with van der Waals surface area (Å²) in [7, 11) is 0. The van der Waals surface area contributed by atoms with Crippen molar-refractivity contribution in [2.45, 2.75) is 32.6 Å². The summed E-state index contributed by atoms with van der Waals surface area (Å²) in [5.41, 5.74) is 6.63. The fourth-order valence-electron chi connectivity index (χ4n) is 2.60. The van der Waals surface area contributed by atoms with Crippen LogP contribution >= 0.6 is 0 Å². The summed E-state index contributed by atoms with van der Waals surface area (Å²) >= 11 is 0. The van der Waals surface area contributed by atoms with Crippen LogP contribution in [-0.2, 0) is 19.3 Å². The lowest BCUT2D eigenvalue weighted by Gasteiger charge is -2.19. The first-order valence-electron chi connectivity index (χ1n) is 6.68. The number of hydrogen-bond acceptors (Lipinski definition) is 3. The number of hydrogen-bond donors (Lipinski definition) is 1. The third kappa shape index (κ3) is 2.07. The largest absolute Gasteiger partial charge is 0.247 e. The number of rotatable bonds is 3. The molecule has 0 aliphatic heterocycles. The first-order chi connectivity index (χ1) is 9.33. The van der Waals surface area contributed by atoms with Gasteiger partial charge < -0.3 is 0 Å². The molecular weight excluding hydrogens is 241 g/mol. The van der Waals surface area contributed by atoms with E-state index in [4.69, 9.17) is 0 Å². The molecule has 0 saturated heterocycles. The molecular formula is C15H16FN3. The zero-order valence-electron chi connectivity index (χ0n) is 10.9. The van der Waals surface area contributed by atoms with Gasteiger partial charge in [-0.3, -0.25) is 0 Å². The molecule has 3 rings (SSSR count). The Morgan fingerprint density at radius 1 is 1.21 bits per heavy atom. The molecule has 2 aromatic rings. The van der Waals surface area contributed by atoms with E-state index in [1.807, 2.05) is 12.1 Å². The summed E-state index contributed by atoms with van der Waals surface area (Å²) in [4.78, 5) is 9.05. The first-order valence-corrected chi connectivity index (χ1v) is 6.68. The van der Waals surface area contributed by atoms with Gasteiger partial charge in [0.1, 0.15) is 0 Å². The Morgan fingerprint density at radius 2 is 2.05 bits per heavy atom. The molecule has 1 aromatic carbocycles. The van der Waals surface area contributed by atoms with Crippen molar-refractivity contribution in [1.29, 1.82) is 0 Å². The molecule has 0 spiro atoms. The highest BCUT2D eigenvalue weighted by Crippen LogP contribution is 2.32. The third-order valence-electron chi connectivity index (χ3n) is 3.52. The number of halogens is 1. The van der Waals surface area contributed by atoms with E-state index in [2.05, 4.69) is 29.0 Å². The first kappa shape index (κ1) is 12.1. The Morgan fingerprint density at radius 3 is 2.84 bits per heavy atom. The molecule has 0 atom stereocenters. The Hall–Kier alpha value is -1.97. The molecule has 1 aliphatic rings. The quantitative estimate of drug-likeness (QED) is 0.855. The van der Waals surface area contributed by atoms with E-state index in [0.29, 0.717) is 5.69 Å². The molecule has 0 fully saturated rings. The zero-order chi connectivity index (χ0) is 13.2. The summed E-state index contributed by atoms with van der Waals surface area (Å²) in [6.45, 7) is 2.05. The third-order valence-corrected chi connectivity index (χ3v) is 3.52. The molecule has 98 valence electrons. The number of nitrogens with zero attached hydrogens (tertiary/aromatic N) is 2. The van der Waals surface area contributed by atoms with Crippen LogP contribution in [0.4, 0.5) is 10.3 Å². The van der Waals surface area contributed by atoms with E-state index < -0.39 is 0 Å². The van der Waals surface area contributed by atoms with Crippen LogP contribution in [0.25, 0.3) is 11.3 Å². The number of nitrogens with one attached hydrogen (secondary N) is 1. The summed E-state index contributed by atoms with van der Waals surface area (Å²) in [5.74, 6) is 0.278. The van der Waals surface area contributed by atoms with E-state index in [1.165, 1.54) is 5.56 Å². The van der Waals surface area contributed by atoms with Gasteiger partial charge in [0.25, 0.3) is 0 Å². The van der Waals surface area contributed by atoms with Crippen LogP contribution in [0.1, 0.15) is 30.3 Å². The van der Waals surface area contributed by atoms with Crippen LogP contribution in [-0.4, -0.2) is 9.97 Å². The topological polar surface area (TPSA) is 37.8 Å². The second kappa shape index (κ2) is 4.96. The zero-order valence-corrected chi connectivity index (χ0v) is 10.9. The Labute approximate surface area is 111 Å². The van der Waals surface area contributed by atoms with Gasteiger partial charge in [-0.2, -0.15) is 0 Å². The summed E-state index contributed by atoms with van der Waals surface area (Å²) < 4.78 is 12.8. The Balaban J connectivity index is 2.16. The van der Waals surface area contributed by atoms with E-state index in [0.717, 1.165) is 42.6 Å². The van der Waals surface area contributed by atoms with Crippen LogP contribution in [0, 0.1) is 0 Å². The molecule has 1 aromatic heterocycles. The average molecular weight is 257 g/mol. The smallest absolute Gasteiger partial charge is 0.176 e. The van der Waals surface area contributed by atoms with Gasteiger partial charge in [-0.25, -0.2) is 15.5 Å². The van der Waals surface area contributed by atoms with E-state index in [1.54, 1.807) is 5.54 Å². The number of fused-ring (bicyclic) bond motifs is 3. The molecule has 1 aliphatic carbocycles. The minimum Gasteiger partial charge on any atom is -0.247 e. The lowest BCUT2D eigenvalue weighted by Crippen LogP contribution is -2.11. The second-order valence-corrected chi connectivity index (χ2v) is 4.82. The molecule has 1 heterocycles. The van der Waals surface area contributed by atoms with Gasteiger partial charge >= 0.3 is 0 Å². The lowest BCUT2D eigenvalue weighted by molar-refractivity contribution is 0.604. The van der Waals surface area contributed by atoms with Crippen molar-refractivity contribution in [3.05, 3.63) is 41.2 Å². The predicted octanol–water partition coefficient (Wildman–Crippen LogP) is 3.49. The van der Waals surface area contributed by atoms with Crippen molar-refractivity contribution in [2.75, 3.05) is 5.54 Å². The molecule has 0 bridgehead atoms. The van der Waals surface area contributed by atoms with Crippen molar-refractivity contribution in [3.63, 3.8) is 0 Å². The molecule has 19 heavy (non-hydrogen) atoms. The van der Waals surface area contributed by atoms with Gasteiger partial charge in [0.15, 0.2) is 5.82 Å². The molecule has 1 N–H and O–H groups in total. The molecule has 0 unspecified atom stereocenters. The maximum atomic E-state index is 12.8. The van der Waals surface area contributed by atoms with E-state index in [9.17, 15) is 4.48 Å². The normalized spacial score (nSPS) is 12.7. The van der Waals surface area contributed by atoms with Gasteiger partial charge in [-0.05, 0) is 24.8 Å². The average Bonchev–Trinajstić information content (AvgIpc) is 2.47. The van der Waals surface area contributed by atoms with Crippen LogP contribution in [0.3, 0.4) is 0 Å². The minimum atomic E-state index is 0.278. The number of benzene rings is 1. The maximum absolute atomic E-state index is 12.8. The van der Waals surface area contributed by atoms with Crippen LogP contribution in [0.5, 0.6) is 0 Å². The Bertz CT molecular complexity index is 610.